The molecule has 2 unspecified atom stereocenters. The van der Waals surface area contributed by atoms with Crippen molar-refractivity contribution in [2.75, 3.05) is 25.9 Å². The Kier molecular flexibility index (Phi) is 4.20. The van der Waals surface area contributed by atoms with Gasteiger partial charge in [0, 0.05) is 23.4 Å². The molecule has 0 radical (unpaired) electrons. The van der Waals surface area contributed by atoms with Crippen LogP contribution in [0.1, 0.15) is 39.5 Å². The normalized spacial score (nSPS) is 33.9. The van der Waals surface area contributed by atoms with Crippen molar-refractivity contribution in [2.45, 2.75) is 56.4 Å². The van der Waals surface area contributed by atoms with Crippen molar-refractivity contribution in [3.8, 4) is 0 Å². The Morgan fingerprint density at radius 1 is 1.44 bits per heavy atom. The van der Waals surface area contributed by atoms with Gasteiger partial charge in [-0.15, -0.1) is 0 Å². The second-order valence-electron chi connectivity index (χ2n) is 5.49. The SMILES string of the molecule is CCNC1CCN(CC2(SC)CC2)C(C)C1. The summed E-state index contributed by atoms with van der Waals surface area (Å²) in [4.78, 5) is 2.72. The number of nitrogens with zero attached hydrogens (tertiary/aromatic N) is 1. The van der Waals surface area contributed by atoms with Crippen LogP contribution in [0.3, 0.4) is 0 Å². The first kappa shape index (κ1) is 12.7. The van der Waals surface area contributed by atoms with E-state index in [1.165, 1.54) is 38.8 Å². The first-order chi connectivity index (χ1) is 7.69. The molecule has 2 atom stereocenters. The van der Waals surface area contributed by atoms with E-state index in [-0.39, 0.29) is 0 Å². The highest BCUT2D eigenvalue weighted by Gasteiger charge is 2.44. The summed E-state index contributed by atoms with van der Waals surface area (Å²) in [5.41, 5.74) is 0. The minimum Gasteiger partial charge on any atom is -0.314 e. The van der Waals surface area contributed by atoms with Crippen LogP contribution in [-0.2, 0) is 0 Å². The third kappa shape index (κ3) is 2.93. The molecule has 1 saturated heterocycles. The Labute approximate surface area is 105 Å². The number of nitrogens with one attached hydrogen (secondary N) is 1. The van der Waals surface area contributed by atoms with E-state index in [1.807, 2.05) is 0 Å². The lowest BCUT2D eigenvalue weighted by molar-refractivity contribution is 0.135. The molecule has 1 heterocycles. The van der Waals surface area contributed by atoms with Crippen LogP contribution in [0, 0.1) is 0 Å². The minimum absolute atomic E-state index is 0.638. The zero-order chi connectivity index (χ0) is 11.6. The molecule has 1 N–H and O–H groups in total. The summed E-state index contributed by atoms with van der Waals surface area (Å²) in [7, 11) is 0. The lowest BCUT2D eigenvalue weighted by atomic mass is 9.98. The molecule has 2 nitrogen and oxygen atoms in total. The Morgan fingerprint density at radius 2 is 2.19 bits per heavy atom. The fourth-order valence-electron chi connectivity index (χ4n) is 2.87. The first-order valence-electron chi connectivity index (χ1n) is 6.72. The van der Waals surface area contributed by atoms with Gasteiger partial charge in [-0.25, -0.2) is 0 Å². The molecule has 1 saturated carbocycles. The molecule has 2 fully saturated rings. The number of hydrogen-bond donors (Lipinski definition) is 1. The van der Waals surface area contributed by atoms with Gasteiger partial charge in [-0.1, -0.05) is 6.92 Å². The van der Waals surface area contributed by atoms with E-state index in [0.29, 0.717) is 4.75 Å². The van der Waals surface area contributed by atoms with Crippen LogP contribution in [-0.4, -0.2) is 47.6 Å². The molecule has 0 aromatic rings. The molecule has 1 aliphatic heterocycles. The standard InChI is InChI=1S/C13H26N2S/c1-4-14-12-5-8-15(11(2)9-12)10-13(16-3)6-7-13/h11-12,14H,4-10H2,1-3H3. The van der Waals surface area contributed by atoms with E-state index in [4.69, 9.17) is 0 Å². The molecule has 2 rings (SSSR count). The Balaban J connectivity index is 1.80. The lowest BCUT2D eigenvalue weighted by Gasteiger charge is -2.39. The molecule has 0 aromatic carbocycles. The average molecular weight is 242 g/mol. The summed E-state index contributed by atoms with van der Waals surface area (Å²) >= 11 is 2.09. The maximum absolute atomic E-state index is 3.60. The predicted octanol–water partition coefficient (Wildman–Crippen LogP) is 2.34. The third-order valence-corrected chi connectivity index (χ3v) is 5.64. The predicted molar refractivity (Wildman–Crippen MR) is 73.2 cm³/mol. The van der Waals surface area contributed by atoms with Crippen LogP contribution < -0.4 is 5.32 Å². The molecular formula is C13H26N2S. The molecule has 0 amide bonds. The van der Waals surface area contributed by atoms with Crippen LogP contribution >= 0.6 is 11.8 Å². The van der Waals surface area contributed by atoms with Gasteiger partial charge in [0.2, 0.25) is 0 Å². The quantitative estimate of drug-likeness (QED) is 0.797. The molecule has 16 heavy (non-hydrogen) atoms. The van der Waals surface area contributed by atoms with E-state index in [1.54, 1.807) is 0 Å². The topological polar surface area (TPSA) is 15.3 Å². The highest BCUT2D eigenvalue weighted by atomic mass is 32.2. The second kappa shape index (κ2) is 5.28. The Bertz CT molecular complexity index is 228. The fourth-order valence-corrected chi connectivity index (χ4v) is 3.67. The summed E-state index contributed by atoms with van der Waals surface area (Å²) in [5.74, 6) is 0. The summed E-state index contributed by atoms with van der Waals surface area (Å²) in [6.07, 6.45) is 7.83. The number of hydrogen-bond acceptors (Lipinski definition) is 3. The molecule has 94 valence electrons. The maximum Gasteiger partial charge on any atom is 0.0285 e. The van der Waals surface area contributed by atoms with Gasteiger partial charge in [0.1, 0.15) is 0 Å². The smallest absolute Gasteiger partial charge is 0.0285 e. The number of piperidine rings is 1. The van der Waals surface area contributed by atoms with E-state index < -0.39 is 0 Å². The van der Waals surface area contributed by atoms with Crippen LogP contribution in [0.2, 0.25) is 0 Å². The van der Waals surface area contributed by atoms with Gasteiger partial charge in [-0.05, 0) is 52.0 Å². The van der Waals surface area contributed by atoms with Crippen molar-refractivity contribution >= 4 is 11.8 Å². The number of thioether (sulfide) groups is 1. The van der Waals surface area contributed by atoms with E-state index in [9.17, 15) is 0 Å². The molecule has 3 heteroatoms. The van der Waals surface area contributed by atoms with Crippen LogP contribution in [0.25, 0.3) is 0 Å². The number of rotatable bonds is 5. The van der Waals surface area contributed by atoms with Crippen molar-refractivity contribution < 1.29 is 0 Å². The Morgan fingerprint density at radius 3 is 2.69 bits per heavy atom. The first-order valence-corrected chi connectivity index (χ1v) is 7.94. The van der Waals surface area contributed by atoms with Gasteiger partial charge < -0.3 is 5.32 Å². The third-order valence-electron chi connectivity index (χ3n) is 4.24. The van der Waals surface area contributed by atoms with Crippen LogP contribution in [0.4, 0.5) is 0 Å². The molecular weight excluding hydrogens is 216 g/mol. The lowest BCUT2D eigenvalue weighted by Crippen LogP contribution is -2.49. The Hall–Kier alpha value is 0.270. The van der Waals surface area contributed by atoms with Gasteiger partial charge in [-0.2, -0.15) is 11.8 Å². The average Bonchev–Trinajstić information content (AvgIpc) is 3.03. The minimum atomic E-state index is 0.638. The monoisotopic (exact) mass is 242 g/mol. The van der Waals surface area contributed by atoms with Gasteiger partial charge in [0.15, 0.2) is 0 Å². The zero-order valence-corrected chi connectivity index (χ0v) is 11.8. The highest BCUT2D eigenvalue weighted by Crippen LogP contribution is 2.48. The zero-order valence-electron chi connectivity index (χ0n) is 11.0. The molecule has 1 aliphatic carbocycles. The van der Waals surface area contributed by atoms with Gasteiger partial charge in [-0.3, -0.25) is 4.90 Å². The van der Waals surface area contributed by atoms with Crippen molar-refractivity contribution in [1.82, 2.24) is 10.2 Å². The largest absolute Gasteiger partial charge is 0.314 e. The van der Waals surface area contributed by atoms with E-state index in [0.717, 1.165) is 18.6 Å². The molecule has 2 aliphatic rings. The molecule has 0 spiro atoms. The van der Waals surface area contributed by atoms with E-state index >= 15 is 0 Å². The van der Waals surface area contributed by atoms with Crippen molar-refractivity contribution in [2.24, 2.45) is 0 Å². The fraction of sp³-hybridized carbons (Fsp3) is 1.00. The molecule has 0 bridgehead atoms. The summed E-state index contributed by atoms with van der Waals surface area (Å²) < 4.78 is 0.638. The summed E-state index contributed by atoms with van der Waals surface area (Å²) in [5, 5.41) is 3.60. The van der Waals surface area contributed by atoms with Crippen molar-refractivity contribution in [3.63, 3.8) is 0 Å². The summed E-state index contributed by atoms with van der Waals surface area (Å²) in [6, 6.07) is 1.53. The molecule has 0 aromatic heterocycles. The summed E-state index contributed by atoms with van der Waals surface area (Å²) in [6.45, 7) is 8.35. The highest BCUT2D eigenvalue weighted by molar-refractivity contribution is 8.00. The van der Waals surface area contributed by atoms with Gasteiger partial charge in [0.05, 0.1) is 0 Å². The van der Waals surface area contributed by atoms with E-state index in [2.05, 4.69) is 42.1 Å². The van der Waals surface area contributed by atoms with Gasteiger partial charge in [0.25, 0.3) is 0 Å². The van der Waals surface area contributed by atoms with Crippen molar-refractivity contribution in [3.05, 3.63) is 0 Å². The van der Waals surface area contributed by atoms with Crippen molar-refractivity contribution in [1.29, 1.82) is 0 Å². The second-order valence-corrected chi connectivity index (χ2v) is 6.76. The maximum atomic E-state index is 3.60. The van der Waals surface area contributed by atoms with Crippen LogP contribution in [0.5, 0.6) is 0 Å². The van der Waals surface area contributed by atoms with Gasteiger partial charge >= 0.3 is 0 Å². The number of likely N-dealkylation sites (tertiary alicyclic amines) is 1. The van der Waals surface area contributed by atoms with Crippen LogP contribution in [0.15, 0.2) is 0 Å².